The van der Waals surface area contributed by atoms with Gasteiger partial charge in [-0.2, -0.15) is 0 Å². The van der Waals surface area contributed by atoms with Gasteiger partial charge in [-0.05, 0) is 18.8 Å². The molecule has 0 N–H and O–H groups in total. The molecule has 0 radical (unpaired) electrons. The SMILES string of the molecule is CC/C=C/CCC(=O)OCC(C)C. The molecule has 0 heterocycles. The molecular formula is C11H20O2. The van der Waals surface area contributed by atoms with E-state index in [1.807, 2.05) is 19.9 Å². The molecule has 0 aliphatic rings. The Hall–Kier alpha value is -0.790. The van der Waals surface area contributed by atoms with Crippen molar-refractivity contribution in [3.63, 3.8) is 0 Å². The van der Waals surface area contributed by atoms with Crippen LogP contribution in [0.3, 0.4) is 0 Å². The summed E-state index contributed by atoms with van der Waals surface area (Å²) in [5.74, 6) is 0.338. The van der Waals surface area contributed by atoms with E-state index in [2.05, 4.69) is 13.0 Å². The lowest BCUT2D eigenvalue weighted by atomic mass is 10.2. The van der Waals surface area contributed by atoms with E-state index in [0.717, 1.165) is 12.8 Å². The van der Waals surface area contributed by atoms with Crippen molar-refractivity contribution in [1.29, 1.82) is 0 Å². The Kier molecular flexibility index (Phi) is 7.36. The van der Waals surface area contributed by atoms with Gasteiger partial charge in [0.15, 0.2) is 0 Å². The maximum absolute atomic E-state index is 11.1. The van der Waals surface area contributed by atoms with Crippen molar-refractivity contribution in [3.8, 4) is 0 Å². The second kappa shape index (κ2) is 7.84. The topological polar surface area (TPSA) is 26.3 Å². The predicted octanol–water partition coefficient (Wildman–Crippen LogP) is 2.93. The van der Waals surface area contributed by atoms with E-state index in [1.165, 1.54) is 0 Å². The van der Waals surface area contributed by atoms with Crippen LogP contribution in [0.25, 0.3) is 0 Å². The van der Waals surface area contributed by atoms with Crippen molar-refractivity contribution in [2.45, 2.75) is 40.0 Å². The highest BCUT2D eigenvalue weighted by molar-refractivity contribution is 5.69. The van der Waals surface area contributed by atoms with E-state index in [1.54, 1.807) is 0 Å². The first-order valence-corrected chi connectivity index (χ1v) is 4.97. The molecule has 0 fully saturated rings. The fourth-order valence-corrected chi connectivity index (χ4v) is 0.817. The molecule has 2 heteroatoms. The fourth-order valence-electron chi connectivity index (χ4n) is 0.817. The highest BCUT2D eigenvalue weighted by Crippen LogP contribution is 1.98. The van der Waals surface area contributed by atoms with Crippen molar-refractivity contribution in [2.24, 2.45) is 5.92 Å². The van der Waals surface area contributed by atoms with Crippen LogP contribution in [0.1, 0.15) is 40.0 Å². The number of esters is 1. The Morgan fingerprint density at radius 3 is 2.62 bits per heavy atom. The largest absolute Gasteiger partial charge is 0.465 e. The van der Waals surface area contributed by atoms with E-state index in [0.29, 0.717) is 18.9 Å². The van der Waals surface area contributed by atoms with Crippen LogP contribution in [0.4, 0.5) is 0 Å². The van der Waals surface area contributed by atoms with Gasteiger partial charge in [0.2, 0.25) is 0 Å². The number of carbonyl (C=O) groups is 1. The van der Waals surface area contributed by atoms with E-state index >= 15 is 0 Å². The van der Waals surface area contributed by atoms with Gasteiger partial charge in [-0.25, -0.2) is 0 Å². The molecule has 0 saturated carbocycles. The predicted molar refractivity (Wildman–Crippen MR) is 54.5 cm³/mol. The van der Waals surface area contributed by atoms with Gasteiger partial charge >= 0.3 is 5.97 Å². The third-order valence-electron chi connectivity index (χ3n) is 1.50. The second-order valence-electron chi connectivity index (χ2n) is 3.50. The Morgan fingerprint density at radius 1 is 1.38 bits per heavy atom. The fraction of sp³-hybridized carbons (Fsp3) is 0.727. The first-order chi connectivity index (χ1) is 6.16. The van der Waals surface area contributed by atoms with Gasteiger partial charge in [0.25, 0.3) is 0 Å². The maximum atomic E-state index is 11.1. The molecule has 0 saturated heterocycles. The third-order valence-corrected chi connectivity index (χ3v) is 1.50. The average Bonchev–Trinajstić information content (AvgIpc) is 2.09. The quantitative estimate of drug-likeness (QED) is 0.468. The van der Waals surface area contributed by atoms with Gasteiger partial charge in [0.1, 0.15) is 0 Å². The molecule has 0 aliphatic carbocycles. The summed E-state index contributed by atoms with van der Waals surface area (Å²) in [5, 5.41) is 0. The summed E-state index contributed by atoms with van der Waals surface area (Å²) in [6.07, 6.45) is 6.42. The minimum atomic E-state index is -0.0885. The summed E-state index contributed by atoms with van der Waals surface area (Å²) in [6.45, 7) is 6.68. The molecule has 0 atom stereocenters. The van der Waals surface area contributed by atoms with Crippen molar-refractivity contribution >= 4 is 5.97 Å². The lowest BCUT2D eigenvalue weighted by Crippen LogP contribution is -2.09. The first-order valence-electron chi connectivity index (χ1n) is 4.97. The van der Waals surface area contributed by atoms with Gasteiger partial charge in [-0.1, -0.05) is 32.9 Å². The highest BCUT2D eigenvalue weighted by atomic mass is 16.5. The maximum Gasteiger partial charge on any atom is 0.306 e. The standard InChI is InChI=1S/C11H20O2/c1-4-5-6-7-8-11(12)13-9-10(2)3/h5-6,10H,4,7-9H2,1-3H3/b6-5+. The third kappa shape index (κ3) is 9.12. The Balaban J connectivity index is 3.35. The van der Waals surface area contributed by atoms with Gasteiger partial charge < -0.3 is 4.74 Å². The summed E-state index contributed by atoms with van der Waals surface area (Å²) in [6, 6.07) is 0. The van der Waals surface area contributed by atoms with Crippen LogP contribution in [0.2, 0.25) is 0 Å². The van der Waals surface area contributed by atoms with E-state index in [-0.39, 0.29) is 5.97 Å². The summed E-state index contributed by atoms with van der Waals surface area (Å²) in [7, 11) is 0. The molecule has 76 valence electrons. The van der Waals surface area contributed by atoms with Crippen molar-refractivity contribution in [2.75, 3.05) is 6.61 Å². The number of ether oxygens (including phenoxy) is 1. The van der Waals surface area contributed by atoms with Crippen LogP contribution in [-0.2, 0) is 9.53 Å². The molecule has 0 aromatic carbocycles. The minimum absolute atomic E-state index is 0.0885. The van der Waals surface area contributed by atoms with Crippen LogP contribution >= 0.6 is 0 Å². The van der Waals surface area contributed by atoms with E-state index in [4.69, 9.17) is 4.74 Å². The van der Waals surface area contributed by atoms with Crippen molar-refractivity contribution in [3.05, 3.63) is 12.2 Å². The number of allylic oxidation sites excluding steroid dienone is 2. The molecule has 0 unspecified atom stereocenters. The molecule has 0 rings (SSSR count). The molecule has 13 heavy (non-hydrogen) atoms. The first kappa shape index (κ1) is 12.2. The molecule has 0 aliphatic heterocycles. The van der Waals surface area contributed by atoms with Crippen LogP contribution in [0.15, 0.2) is 12.2 Å². The highest BCUT2D eigenvalue weighted by Gasteiger charge is 2.01. The Labute approximate surface area is 81.0 Å². The number of rotatable bonds is 6. The molecule has 0 bridgehead atoms. The van der Waals surface area contributed by atoms with Gasteiger partial charge in [-0.3, -0.25) is 4.79 Å². The number of carbonyl (C=O) groups excluding carboxylic acids is 1. The van der Waals surface area contributed by atoms with Gasteiger partial charge in [0.05, 0.1) is 6.61 Å². The van der Waals surface area contributed by atoms with E-state index in [9.17, 15) is 4.79 Å². The molecule has 0 amide bonds. The summed E-state index contributed by atoms with van der Waals surface area (Å²) < 4.78 is 5.01. The smallest absolute Gasteiger partial charge is 0.306 e. The monoisotopic (exact) mass is 184 g/mol. The lowest BCUT2D eigenvalue weighted by Gasteiger charge is -2.05. The van der Waals surface area contributed by atoms with Crippen LogP contribution in [-0.4, -0.2) is 12.6 Å². The van der Waals surface area contributed by atoms with Crippen LogP contribution < -0.4 is 0 Å². The number of hydrogen-bond acceptors (Lipinski definition) is 2. The van der Waals surface area contributed by atoms with E-state index < -0.39 is 0 Å². The number of hydrogen-bond donors (Lipinski definition) is 0. The van der Waals surface area contributed by atoms with Gasteiger partial charge in [0, 0.05) is 6.42 Å². The molecule has 0 aromatic heterocycles. The summed E-state index contributed by atoms with van der Waals surface area (Å²) in [5.41, 5.74) is 0. The molecule has 0 spiro atoms. The second-order valence-corrected chi connectivity index (χ2v) is 3.50. The minimum Gasteiger partial charge on any atom is -0.465 e. The zero-order valence-corrected chi connectivity index (χ0v) is 8.88. The zero-order valence-electron chi connectivity index (χ0n) is 8.88. The van der Waals surface area contributed by atoms with Crippen LogP contribution in [0.5, 0.6) is 0 Å². The van der Waals surface area contributed by atoms with Crippen molar-refractivity contribution in [1.82, 2.24) is 0 Å². The normalized spacial score (nSPS) is 11.1. The molecular weight excluding hydrogens is 164 g/mol. The Morgan fingerprint density at radius 2 is 2.08 bits per heavy atom. The molecule has 2 nitrogen and oxygen atoms in total. The summed E-state index contributed by atoms with van der Waals surface area (Å²) in [4.78, 5) is 11.1. The van der Waals surface area contributed by atoms with Gasteiger partial charge in [-0.15, -0.1) is 0 Å². The van der Waals surface area contributed by atoms with Crippen molar-refractivity contribution < 1.29 is 9.53 Å². The summed E-state index contributed by atoms with van der Waals surface area (Å²) >= 11 is 0. The zero-order chi connectivity index (χ0) is 10.1. The Bertz CT molecular complexity index is 159. The lowest BCUT2D eigenvalue weighted by molar-refractivity contribution is -0.144. The average molecular weight is 184 g/mol. The molecule has 0 aromatic rings. The van der Waals surface area contributed by atoms with Crippen LogP contribution in [0, 0.1) is 5.92 Å².